The molecular formula is C17H24Cl2N2O3. The molecule has 0 spiro atoms. The van der Waals surface area contributed by atoms with Crippen LogP contribution in [-0.4, -0.2) is 56.8 Å². The fourth-order valence-corrected chi connectivity index (χ4v) is 3.39. The van der Waals surface area contributed by atoms with Gasteiger partial charge in [0.25, 0.3) is 5.91 Å². The number of halogens is 2. The zero-order chi connectivity index (χ0) is 17.7. The third-order valence-corrected chi connectivity index (χ3v) is 4.86. The normalized spacial score (nSPS) is 16.9. The monoisotopic (exact) mass is 374 g/mol. The minimum atomic E-state index is -0.279. The van der Waals surface area contributed by atoms with E-state index < -0.39 is 0 Å². The first-order valence-electron chi connectivity index (χ1n) is 8.07. The SMILES string of the molecule is COc1c(Cl)ccc(Cl)c1C(=O)NCC(C(C)C)N1CCOCC1. The number of morpholine rings is 1. The molecule has 1 heterocycles. The summed E-state index contributed by atoms with van der Waals surface area (Å²) in [4.78, 5) is 15.0. The van der Waals surface area contributed by atoms with Gasteiger partial charge in [0.05, 0.1) is 30.4 Å². The summed E-state index contributed by atoms with van der Waals surface area (Å²) in [6.07, 6.45) is 0. The van der Waals surface area contributed by atoms with Gasteiger partial charge < -0.3 is 14.8 Å². The maximum absolute atomic E-state index is 12.6. The molecule has 1 saturated heterocycles. The molecule has 1 N–H and O–H groups in total. The van der Waals surface area contributed by atoms with E-state index in [0.29, 0.717) is 28.3 Å². The van der Waals surface area contributed by atoms with Crippen LogP contribution in [0.2, 0.25) is 10.0 Å². The predicted molar refractivity (Wildman–Crippen MR) is 96.4 cm³/mol. The lowest BCUT2D eigenvalue weighted by molar-refractivity contribution is 0.00672. The Kier molecular flexibility index (Phi) is 7.16. The number of nitrogens with zero attached hydrogens (tertiary/aromatic N) is 1. The van der Waals surface area contributed by atoms with Crippen molar-refractivity contribution in [2.75, 3.05) is 40.0 Å². The highest BCUT2D eigenvalue weighted by molar-refractivity contribution is 6.37. The number of methoxy groups -OCH3 is 1. The Labute approximate surface area is 153 Å². The first-order chi connectivity index (χ1) is 11.5. The van der Waals surface area contributed by atoms with E-state index in [0.717, 1.165) is 26.3 Å². The summed E-state index contributed by atoms with van der Waals surface area (Å²) in [5.41, 5.74) is 0.274. The van der Waals surface area contributed by atoms with E-state index in [1.165, 1.54) is 7.11 Å². The molecule has 1 aliphatic rings. The highest BCUT2D eigenvalue weighted by atomic mass is 35.5. The average molecular weight is 375 g/mol. The molecular weight excluding hydrogens is 351 g/mol. The number of rotatable bonds is 6. The molecule has 134 valence electrons. The second kappa shape index (κ2) is 8.90. The van der Waals surface area contributed by atoms with E-state index in [4.69, 9.17) is 32.7 Å². The van der Waals surface area contributed by atoms with Gasteiger partial charge in [-0.2, -0.15) is 0 Å². The Morgan fingerprint density at radius 1 is 1.29 bits per heavy atom. The summed E-state index contributed by atoms with van der Waals surface area (Å²) in [7, 11) is 1.47. The Morgan fingerprint density at radius 2 is 1.92 bits per heavy atom. The number of ether oxygens (including phenoxy) is 2. The standard InChI is InChI=1S/C17H24Cl2N2O3/c1-11(2)14(21-6-8-24-9-7-21)10-20-17(22)15-12(18)4-5-13(19)16(15)23-3/h4-5,11,14H,6-10H2,1-3H3,(H,20,22). The van der Waals surface area contributed by atoms with Crippen LogP contribution in [-0.2, 0) is 4.74 Å². The number of carbonyl (C=O) groups is 1. The van der Waals surface area contributed by atoms with Gasteiger partial charge in [-0.25, -0.2) is 0 Å². The van der Waals surface area contributed by atoms with Crippen molar-refractivity contribution < 1.29 is 14.3 Å². The lowest BCUT2D eigenvalue weighted by Crippen LogP contribution is -2.51. The van der Waals surface area contributed by atoms with Crippen LogP contribution in [0.1, 0.15) is 24.2 Å². The molecule has 1 fully saturated rings. The summed E-state index contributed by atoms with van der Waals surface area (Å²) in [6, 6.07) is 3.45. The average Bonchev–Trinajstić information content (AvgIpc) is 2.57. The van der Waals surface area contributed by atoms with Gasteiger partial charge in [-0.05, 0) is 18.1 Å². The lowest BCUT2D eigenvalue weighted by atomic mass is 10.0. The zero-order valence-electron chi connectivity index (χ0n) is 14.3. The quantitative estimate of drug-likeness (QED) is 0.830. The zero-order valence-corrected chi connectivity index (χ0v) is 15.8. The number of hydrogen-bond donors (Lipinski definition) is 1. The molecule has 5 nitrogen and oxygen atoms in total. The van der Waals surface area contributed by atoms with Gasteiger partial charge in [0, 0.05) is 25.7 Å². The van der Waals surface area contributed by atoms with E-state index >= 15 is 0 Å². The van der Waals surface area contributed by atoms with Gasteiger partial charge in [-0.15, -0.1) is 0 Å². The first-order valence-corrected chi connectivity index (χ1v) is 8.83. The van der Waals surface area contributed by atoms with E-state index in [1.807, 2.05) is 0 Å². The van der Waals surface area contributed by atoms with Crippen LogP contribution < -0.4 is 10.1 Å². The van der Waals surface area contributed by atoms with Crippen molar-refractivity contribution in [3.63, 3.8) is 0 Å². The molecule has 0 saturated carbocycles. The van der Waals surface area contributed by atoms with E-state index in [2.05, 4.69) is 24.1 Å². The van der Waals surface area contributed by atoms with Gasteiger partial charge >= 0.3 is 0 Å². The van der Waals surface area contributed by atoms with Crippen molar-refractivity contribution in [3.8, 4) is 5.75 Å². The van der Waals surface area contributed by atoms with Crippen molar-refractivity contribution >= 4 is 29.1 Å². The highest BCUT2D eigenvalue weighted by Gasteiger charge is 2.26. The summed E-state index contributed by atoms with van der Waals surface area (Å²) in [5, 5.41) is 3.66. The van der Waals surface area contributed by atoms with Gasteiger partial charge in [0.15, 0.2) is 5.75 Å². The largest absolute Gasteiger partial charge is 0.494 e. The number of benzene rings is 1. The maximum atomic E-state index is 12.6. The third-order valence-electron chi connectivity index (χ3n) is 4.25. The molecule has 1 unspecified atom stereocenters. The smallest absolute Gasteiger partial charge is 0.256 e. The van der Waals surface area contributed by atoms with Crippen LogP contribution >= 0.6 is 23.2 Å². The Hall–Kier alpha value is -1.01. The molecule has 24 heavy (non-hydrogen) atoms. The second-order valence-corrected chi connectivity index (χ2v) is 6.92. The first kappa shape index (κ1) is 19.3. The van der Waals surface area contributed by atoms with Crippen LogP contribution in [0.4, 0.5) is 0 Å². The second-order valence-electron chi connectivity index (χ2n) is 6.11. The summed E-state index contributed by atoms with van der Waals surface area (Å²) in [5.74, 6) is 0.424. The molecule has 0 aliphatic carbocycles. The molecule has 1 atom stereocenters. The molecule has 0 bridgehead atoms. The summed E-state index contributed by atoms with van der Waals surface area (Å²) in [6.45, 7) is 8.04. The van der Waals surface area contributed by atoms with Crippen LogP contribution in [0.15, 0.2) is 12.1 Å². The fraction of sp³-hybridized carbons (Fsp3) is 0.588. The number of carbonyl (C=O) groups excluding carboxylic acids is 1. The van der Waals surface area contributed by atoms with Crippen LogP contribution in [0.3, 0.4) is 0 Å². The third kappa shape index (κ3) is 4.54. The number of hydrogen-bond acceptors (Lipinski definition) is 4. The summed E-state index contributed by atoms with van der Waals surface area (Å²) < 4.78 is 10.7. The molecule has 2 rings (SSSR count). The van der Waals surface area contributed by atoms with Gasteiger partial charge in [-0.1, -0.05) is 37.0 Å². The van der Waals surface area contributed by atoms with E-state index in [9.17, 15) is 4.79 Å². The molecule has 0 radical (unpaired) electrons. The Morgan fingerprint density at radius 3 is 2.50 bits per heavy atom. The molecule has 1 aromatic rings. The van der Waals surface area contributed by atoms with Crippen LogP contribution in [0.5, 0.6) is 5.75 Å². The molecule has 1 aliphatic heterocycles. The minimum Gasteiger partial charge on any atom is -0.494 e. The van der Waals surface area contributed by atoms with Crippen molar-refractivity contribution in [3.05, 3.63) is 27.7 Å². The maximum Gasteiger partial charge on any atom is 0.256 e. The van der Waals surface area contributed by atoms with E-state index in [1.54, 1.807) is 12.1 Å². The van der Waals surface area contributed by atoms with Crippen molar-refractivity contribution in [1.82, 2.24) is 10.2 Å². The topological polar surface area (TPSA) is 50.8 Å². The molecule has 7 heteroatoms. The molecule has 1 amide bonds. The fourth-order valence-electron chi connectivity index (χ4n) is 2.93. The molecule has 1 aromatic carbocycles. The summed E-state index contributed by atoms with van der Waals surface area (Å²) >= 11 is 12.3. The van der Waals surface area contributed by atoms with Crippen molar-refractivity contribution in [2.24, 2.45) is 5.92 Å². The van der Waals surface area contributed by atoms with Gasteiger partial charge in [-0.3, -0.25) is 9.69 Å². The molecule has 0 aromatic heterocycles. The van der Waals surface area contributed by atoms with Crippen LogP contribution in [0, 0.1) is 5.92 Å². The van der Waals surface area contributed by atoms with Gasteiger partial charge in [0.1, 0.15) is 5.56 Å². The highest BCUT2D eigenvalue weighted by Crippen LogP contribution is 2.33. The number of nitrogens with one attached hydrogen (secondary N) is 1. The Bertz CT molecular complexity index is 575. The minimum absolute atomic E-state index is 0.238. The number of amides is 1. The Balaban J connectivity index is 2.10. The van der Waals surface area contributed by atoms with Crippen molar-refractivity contribution in [2.45, 2.75) is 19.9 Å². The van der Waals surface area contributed by atoms with Crippen molar-refractivity contribution in [1.29, 1.82) is 0 Å². The van der Waals surface area contributed by atoms with Gasteiger partial charge in [0.2, 0.25) is 0 Å². The van der Waals surface area contributed by atoms with Crippen LogP contribution in [0.25, 0.3) is 0 Å². The predicted octanol–water partition coefficient (Wildman–Crippen LogP) is 3.09. The van der Waals surface area contributed by atoms with E-state index in [-0.39, 0.29) is 17.5 Å². The lowest BCUT2D eigenvalue weighted by Gasteiger charge is -2.37.